The molecular formula is C15H14FN3O4S. The van der Waals surface area contributed by atoms with Gasteiger partial charge in [0.25, 0.3) is 5.91 Å². The minimum absolute atomic E-state index is 0.152. The van der Waals surface area contributed by atoms with Crippen LogP contribution in [0.1, 0.15) is 10.4 Å². The Hall–Kier alpha value is -2.68. The van der Waals surface area contributed by atoms with Crippen molar-refractivity contribution in [1.29, 1.82) is 0 Å². The van der Waals surface area contributed by atoms with Gasteiger partial charge in [0, 0.05) is 17.8 Å². The normalized spacial score (nSPS) is 15.0. The first-order chi connectivity index (χ1) is 11.3. The highest BCUT2D eigenvalue weighted by Gasteiger charge is 2.33. The monoisotopic (exact) mass is 351 g/mol. The van der Waals surface area contributed by atoms with Gasteiger partial charge in [0.15, 0.2) is 0 Å². The Bertz CT molecular complexity index is 865. The van der Waals surface area contributed by atoms with E-state index in [1.165, 1.54) is 18.3 Å². The fraction of sp³-hybridized carbons (Fsp3) is 0.200. The molecule has 2 aromatic rings. The molecule has 0 aliphatic carbocycles. The summed E-state index contributed by atoms with van der Waals surface area (Å²) in [6.07, 6.45) is 1.38. The Morgan fingerprint density at radius 1 is 1.25 bits per heavy atom. The number of nitrogens with zero attached hydrogens (tertiary/aromatic N) is 2. The molecule has 126 valence electrons. The number of nitrogens with two attached hydrogens (primary N) is 1. The van der Waals surface area contributed by atoms with Gasteiger partial charge in [0.05, 0.1) is 18.0 Å². The molecule has 2 N–H and O–H groups in total. The second kappa shape index (κ2) is 6.08. The summed E-state index contributed by atoms with van der Waals surface area (Å²) < 4.78 is 40.0. The molecule has 0 spiro atoms. The molecule has 1 amide bonds. The number of likely N-dealkylation sites (tertiary alicyclic amines) is 1. The lowest BCUT2D eigenvalue weighted by Gasteiger charge is -2.39. The van der Waals surface area contributed by atoms with Crippen molar-refractivity contribution < 1.29 is 21.8 Å². The largest absolute Gasteiger partial charge is 0.487 e. The van der Waals surface area contributed by atoms with Crippen LogP contribution in [0.2, 0.25) is 0 Å². The number of rotatable bonds is 4. The molecule has 24 heavy (non-hydrogen) atoms. The molecule has 9 heteroatoms. The maximum atomic E-state index is 12.8. The summed E-state index contributed by atoms with van der Waals surface area (Å²) >= 11 is 0. The summed E-state index contributed by atoms with van der Waals surface area (Å²) in [7, 11) is -4.76. The van der Waals surface area contributed by atoms with E-state index >= 15 is 0 Å². The molecule has 1 aromatic heterocycles. The summed E-state index contributed by atoms with van der Waals surface area (Å²) in [4.78, 5) is 17.2. The number of anilines is 1. The van der Waals surface area contributed by atoms with Crippen LogP contribution in [0.15, 0.2) is 47.5 Å². The van der Waals surface area contributed by atoms with Crippen LogP contribution >= 0.6 is 0 Å². The molecule has 0 saturated carbocycles. The third-order valence-electron chi connectivity index (χ3n) is 3.57. The van der Waals surface area contributed by atoms with Gasteiger partial charge in [0.1, 0.15) is 17.7 Å². The summed E-state index contributed by atoms with van der Waals surface area (Å²) in [6.45, 7) is 0.786. The number of hydrogen-bond acceptors (Lipinski definition) is 6. The number of benzene rings is 1. The van der Waals surface area contributed by atoms with Gasteiger partial charge < -0.3 is 15.4 Å². The van der Waals surface area contributed by atoms with E-state index in [2.05, 4.69) is 4.98 Å². The number of hydrogen-bond donors (Lipinski definition) is 1. The highest BCUT2D eigenvalue weighted by atomic mass is 32.3. The van der Waals surface area contributed by atoms with Gasteiger partial charge in [-0.3, -0.25) is 4.79 Å². The molecule has 2 heterocycles. The summed E-state index contributed by atoms with van der Waals surface area (Å²) in [5.74, 6) is 0.659. The Morgan fingerprint density at radius 2 is 1.92 bits per heavy atom. The van der Waals surface area contributed by atoms with Crippen molar-refractivity contribution in [2.45, 2.75) is 11.0 Å². The van der Waals surface area contributed by atoms with Crippen molar-refractivity contribution in [3.63, 3.8) is 0 Å². The van der Waals surface area contributed by atoms with Crippen LogP contribution in [0, 0.1) is 0 Å². The minimum atomic E-state index is -4.76. The molecule has 7 nitrogen and oxygen atoms in total. The summed E-state index contributed by atoms with van der Waals surface area (Å²) in [5, 5.41) is 0. The molecule has 0 bridgehead atoms. The molecule has 1 aliphatic rings. The van der Waals surface area contributed by atoms with Crippen molar-refractivity contribution >= 4 is 21.9 Å². The maximum absolute atomic E-state index is 12.8. The average Bonchev–Trinajstić information content (AvgIpc) is 2.49. The fourth-order valence-electron chi connectivity index (χ4n) is 2.31. The van der Waals surface area contributed by atoms with E-state index in [0.717, 1.165) is 12.1 Å². The second-order valence-electron chi connectivity index (χ2n) is 5.33. The lowest BCUT2D eigenvalue weighted by atomic mass is 10.1. The zero-order valence-corrected chi connectivity index (χ0v) is 13.2. The molecule has 0 radical (unpaired) electrons. The summed E-state index contributed by atoms with van der Waals surface area (Å²) in [6, 6.07) is 7.98. The van der Waals surface area contributed by atoms with Gasteiger partial charge in [-0.05, 0) is 30.3 Å². The van der Waals surface area contributed by atoms with Crippen LogP contribution in [0.5, 0.6) is 5.75 Å². The van der Waals surface area contributed by atoms with E-state index in [4.69, 9.17) is 10.5 Å². The van der Waals surface area contributed by atoms with Crippen LogP contribution in [0.25, 0.3) is 0 Å². The Morgan fingerprint density at radius 3 is 2.50 bits per heavy atom. The Balaban J connectivity index is 1.58. The molecule has 0 atom stereocenters. The average molecular weight is 351 g/mol. The first-order valence-corrected chi connectivity index (χ1v) is 8.43. The molecular weight excluding hydrogens is 337 g/mol. The van der Waals surface area contributed by atoms with Crippen LogP contribution in [-0.2, 0) is 10.2 Å². The number of aromatic nitrogens is 1. The second-order valence-corrected chi connectivity index (χ2v) is 6.68. The van der Waals surface area contributed by atoms with E-state index in [1.807, 2.05) is 0 Å². The van der Waals surface area contributed by atoms with Crippen molar-refractivity contribution in [1.82, 2.24) is 9.88 Å². The zero-order valence-electron chi connectivity index (χ0n) is 12.4. The number of pyridine rings is 1. The first-order valence-electron chi connectivity index (χ1n) is 7.05. The molecule has 1 aromatic carbocycles. The highest BCUT2D eigenvalue weighted by molar-refractivity contribution is 7.86. The minimum Gasteiger partial charge on any atom is -0.487 e. The fourth-order valence-corrected chi connectivity index (χ4v) is 2.78. The van der Waals surface area contributed by atoms with Crippen LogP contribution in [0.3, 0.4) is 0 Å². The van der Waals surface area contributed by atoms with Crippen molar-refractivity contribution in [3.8, 4) is 5.75 Å². The van der Waals surface area contributed by atoms with Crippen molar-refractivity contribution in [3.05, 3.63) is 48.2 Å². The topological polar surface area (TPSA) is 103 Å². The van der Waals surface area contributed by atoms with Crippen molar-refractivity contribution in [2.24, 2.45) is 0 Å². The van der Waals surface area contributed by atoms with Crippen LogP contribution in [0.4, 0.5) is 9.70 Å². The SMILES string of the molecule is Nc1cc(OC2CN(C(=O)c3ccc(S(=O)(=O)F)cc3)C2)ccn1. The lowest BCUT2D eigenvalue weighted by Crippen LogP contribution is -2.56. The van der Waals surface area contributed by atoms with Gasteiger partial charge in [-0.25, -0.2) is 4.98 Å². The maximum Gasteiger partial charge on any atom is 0.332 e. The number of nitrogen functional groups attached to an aromatic ring is 1. The molecule has 1 aliphatic heterocycles. The van der Waals surface area contributed by atoms with E-state index in [0.29, 0.717) is 24.7 Å². The quantitative estimate of drug-likeness (QED) is 0.831. The van der Waals surface area contributed by atoms with Gasteiger partial charge in [-0.1, -0.05) is 0 Å². The van der Waals surface area contributed by atoms with Crippen LogP contribution in [-0.4, -0.2) is 43.4 Å². The van der Waals surface area contributed by atoms with Crippen LogP contribution < -0.4 is 10.5 Å². The first kappa shape index (κ1) is 16.2. The van der Waals surface area contributed by atoms with E-state index < -0.39 is 15.1 Å². The molecule has 0 unspecified atom stereocenters. The van der Waals surface area contributed by atoms with E-state index in [9.17, 15) is 17.1 Å². The van der Waals surface area contributed by atoms with Gasteiger partial charge >= 0.3 is 10.2 Å². The predicted molar refractivity (Wildman–Crippen MR) is 83.7 cm³/mol. The zero-order chi connectivity index (χ0) is 17.3. The third kappa shape index (κ3) is 3.46. The molecule has 1 fully saturated rings. The van der Waals surface area contributed by atoms with Gasteiger partial charge in [0.2, 0.25) is 0 Å². The van der Waals surface area contributed by atoms with Gasteiger partial charge in [-0.15, -0.1) is 3.89 Å². The number of carbonyl (C=O) groups is 1. The van der Waals surface area contributed by atoms with Gasteiger partial charge in [-0.2, -0.15) is 8.42 Å². The molecule has 1 saturated heterocycles. The lowest BCUT2D eigenvalue weighted by molar-refractivity contribution is 0.0178. The standard InChI is InChI=1S/C15H14FN3O4S/c16-24(21,22)13-3-1-10(2-4-13)15(20)19-8-12(9-19)23-11-5-6-18-14(17)7-11/h1-7,12H,8-9H2,(H2,17,18). The summed E-state index contributed by atoms with van der Waals surface area (Å²) in [5.41, 5.74) is 5.85. The number of carbonyl (C=O) groups excluding carboxylic acids is 1. The highest BCUT2D eigenvalue weighted by Crippen LogP contribution is 2.21. The molecule has 3 rings (SSSR count). The van der Waals surface area contributed by atoms with E-state index in [1.54, 1.807) is 17.0 Å². The predicted octanol–water partition coefficient (Wildman–Crippen LogP) is 1.23. The van der Waals surface area contributed by atoms with E-state index in [-0.39, 0.29) is 17.6 Å². The Labute approximate surface area is 138 Å². The number of ether oxygens (including phenoxy) is 1. The van der Waals surface area contributed by atoms with Crippen molar-refractivity contribution in [2.75, 3.05) is 18.8 Å². The Kier molecular flexibility index (Phi) is 4.10. The number of amides is 1. The number of halogens is 1. The third-order valence-corrected chi connectivity index (χ3v) is 4.41. The smallest absolute Gasteiger partial charge is 0.332 e.